The molecule has 0 amide bonds. The number of carbonyl (C=O) groups excluding carboxylic acids is 1. The molecule has 0 fully saturated rings. The maximum atomic E-state index is 11.7. The molecule has 0 saturated heterocycles. The van der Waals surface area contributed by atoms with E-state index in [4.69, 9.17) is 24.1 Å². The lowest BCUT2D eigenvalue weighted by Crippen LogP contribution is -2.27. The smallest absolute Gasteiger partial charge is 0.507 e. The predicted octanol–water partition coefficient (Wildman–Crippen LogP) is 5.52. The van der Waals surface area contributed by atoms with Crippen molar-refractivity contribution in [3.63, 3.8) is 0 Å². The Kier molecular flexibility index (Phi) is 9.01. The molecular weight excluding hydrogens is 440 g/mol. The third kappa shape index (κ3) is 6.79. The molecule has 0 radical (unpaired) electrons. The molecule has 34 heavy (non-hydrogen) atoms. The third-order valence-corrected chi connectivity index (χ3v) is 5.61. The summed E-state index contributed by atoms with van der Waals surface area (Å²) < 4.78 is 22.0. The molecule has 184 valence electrons. The number of Topliss-reactive ketones (excluding diaryl/α,β-unsaturated/α-hetero) is 1. The number of hydrogen-bond acceptors (Lipinski definition) is 7. The predicted molar refractivity (Wildman–Crippen MR) is 125 cm³/mol. The number of aromatic hydroxyl groups is 1. The lowest BCUT2D eigenvalue weighted by molar-refractivity contribution is -0.0635. The van der Waals surface area contributed by atoms with E-state index in [1.165, 1.54) is 6.92 Å². The fraction of sp³-hybridized carbons (Fsp3) is 0.462. The number of benzene rings is 2. The van der Waals surface area contributed by atoms with Gasteiger partial charge in [-0.2, -0.15) is 0 Å². The van der Waals surface area contributed by atoms with Gasteiger partial charge in [0.05, 0.1) is 18.8 Å². The second-order valence-corrected chi connectivity index (χ2v) is 8.24. The van der Waals surface area contributed by atoms with Crippen LogP contribution in [0.5, 0.6) is 23.0 Å². The van der Waals surface area contributed by atoms with Gasteiger partial charge in [0.25, 0.3) is 0 Å². The molecule has 0 aliphatic carbocycles. The highest BCUT2D eigenvalue weighted by molar-refractivity contribution is 5.97. The molecule has 2 aromatic carbocycles. The van der Waals surface area contributed by atoms with Crippen LogP contribution >= 0.6 is 0 Å². The number of ether oxygens (including phenoxy) is 4. The summed E-state index contributed by atoms with van der Waals surface area (Å²) in [7, 11) is 0. The average molecular weight is 473 g/mol. The van der Waals surface area contributed by atoms with Crippen molar-refractivity contribution in [2.24, 2.45) is 0 Å². The highest BCUT2D eigenvalue weighted by Crippen LogP contribution is 2.33. The molecule has 1 unspecified atom stereocenters. The first-order valence-corrected chi connectivity index (χ1v) is 11.7. The first kappa shape index (κ1) is 25.2. The number of carbonyl (C=O) groups is 2. The standard InChI is InChI=1S/C26H32O8/c1-3-7-21-22(12-11-20(17(2)27)25(21)28)32-15-6-4-5-14-31-19-10-8-18-9-13-24(34-26(29)30)33-23(18)16-19/h8,10-12,16,24,28H,3-7,9,13-15H2,1-2H3,(H,29,30). The minimum absolute atomic E-state index is 0.0233. The van der Waals surface area contributed by atoms with Gasteiger partial charge in [0.1, 0.15) is 23.0 Å². The zero-order valence-corrected chi connectivity index (χ0v) is 19.7. The summed E-state index contributed by atoms with van der Waals surface area (Å²) in [5.41, 5.74) is 2.01. The van der Waals surface area contributed by atoms with Gasteiger partial charge in [-0.25, -0.2) is 4.79 Å². The number of fused-ring (bicyclic) bond motifs is 1. The fourth-order valence-electron chi connectivity index (χ4n) is 3.89. The molecule has 2 aromatic rings. The summed E-state index contributed by atoms with van der Waals surface area (Å²) in [6.45, 7) is 4.49. The minimum Gasteiger partial charge on any atom is -0.507 e. The highest BCUT2D eigenvalue weighted by atomic mass is 16.8. The van der Waals surface area contributed by atoms with E-state index in [-0.39, 0.29) is 11.5 Å². The van der Waals surface area contributed by atoms with Gasteiger partial charge in [-0.05, 0) is 62.8 Å². The van der Waals surface area contributed by atoms with Crippen LogP contribution in [0.3, 0.4) is 0 Å². The molecule has 1 aliphatic heterocycles. The van der Waals surface area contributed by atoms with E-state index < -0.39 is 12.4 Å². The van der Waals surface area contributed by atoms with Gasteiger partial charge in [-0.15, -0.1) is 0 Å². The van der Waals surface area contributed by atoms with Crippen LogP contribution in [0, 0.1) is 0 Å². The molecule has 0 saturated carbocycles. The van der Waals surface area contributed by atoms with Crippen LogP contribution in [0.4, 0.5) is 4.79 Å². The van der Waals surface area contributed by atoms with Crippen molar-refractivity contribution in [2.45, 2.75) is 65.1 Å². The van der Waals surface area contributed by atoms with Crippen LogP contribution in [-0.4, -0.2) is 41.7 Å². The van der Waals surface area contributed by atoms with Crippen LogP contribution < -0.4 is 14.2 Å². The number of rotatable bonds is 12. The Bertz CT molecular complexity index is 1000. The van der Waals surface area contributed by atoms with Crippen molar-refractivity contribution in [3.05, 3.63) is 47.0 Å². The fourth-order valence-corrected chi connectivity index (χ4v) is 3.89. The number of hydrogen-bond donors (Lipinski definition) is 2. The monoisotopic (exact) mass is 472 g/mol. The summed E-state index contributed by atoms with van der Waals surface area (Å²) in [6, 6.07) is 8.95. The number of ketones is 1. The van der Waals surface area contributed by atoms with Gasteiger partial charge in [-0.3, -0.25) is 4.79 Å². The molecule has 1 aliphatic rings. The van der Waals surface area contributed by atoms with Crippen molar-refractivity contribution in [1.82, 2.24) is 0 Å². The Morgan fingerprint density at radius 2 is 1.85 bits per heavy atom. The van der Waals surface area contributed by atoms with Crippen molar-refractivity contribution in [1.29, 1.82) is 0 Å². The molecule has 2 N–H and O–H groups in total. The van der Waals surface area contributed by atoms with Crippen LogP contribution in [0.1, 0.15) is 67.4 Å². The SMILES string of the molecule is CCCc1c(OCCCCCOc2ccc3c(c2)OC(OC(=O)O)CC3)ccc(C(C)=O)c1O. The molecule has 1 heterocycles. The second-order valence-electron chi connectivity index (χ2n) is 8.24. The molecule has 8 nitrogen and oxygen atoms in total. The Balaban J connectivity index is 1.41. The topological polar surface area (TPSA) is 112 Å². The van der Waals surface area contributed by atoms with Gasteiger partial charge in [0.2, 0.25) is 6.29 Å². The Morgan fingerprint density at radius 3 is 2.56 bits per heavy atom. The Hall–Kier alpha value is -3.42. The van der Waals surface area contributed by atoms with Crippen LogP contribution in [0.2, 0.25) is 0 Å². The maximum Gasteiger partial charge on any atom is 0.508 e. The zero-order chi connectivity index (χ0) is 24.5. The van der Waals surface area contributed by atoms with Crippen molar-refractivity contribution >= 4 is 11.9 Å². The molecule has 0 spiro atoms. The summed E-state index contributed by atoms with van der Waals surface area (Å²) in [6.07, 6.45) is 3.07. The second kappa shape index (κ2) is 12.2. The normalized spacial score (nSPS) is 14.6. The Labute approximate surface area is 199 Å². The lowest BCUT2D eigenvalue weighted by atomic mass is 10.0. The van der Waals surface area contributed by atoms with Crippen molar-refractivity contribution in [3.8, 4) is 23.0 Å². The molecular formula is C26H32O8. The van der Waals surface area contributed by atoms with E-state index in [0.29, 0.717) is 60.9 Å². The average Bonchev–Trinajstić information content (AvgIpc) is 2.79. The molecule has 8 heteroatoms. The number of phenolic OH excluding ortho intramolecular Hbond substituents is 1. The van der Waals surface area contributed by atoms with E-state index in [2.05, 4.69) is 0 Å². The third-order valence-electron chi connectivity index (χ3n) is 5.61. The maximum absolute atomic E-state index is 11.7. The highest BCUT2D eigenvalue weighted by Gasteiger charge is 2.23. The van der Waals surface area contributed by atoms with Crippen molar-refractivity contribution in [2.75, 3.05) is 13.2 Å². The number of unbranched alkanes of at least 4 members (excludes halogenated alkanes) is 2. The largest absolute Gasteiger partial charge is 0.508 e. The van der Waals surface area contributed by atoms with Crippen LogP contribution in [0.25, 0.3) is 0 Å². The van der Waals surface area contributed by atoms with Gasteiger partial charge in [0.15, 0.2) is 5.78 Å². The number of phenols is 1. The zero-order valence-electron chi connectivity index (χ0n) is 19.7. The number of carboxylic acid groups (broad SMARTS) is 1. The summed E-state index contributed by atoms with van der Waals surface area (Å²) in [5.74, 6) is 1.73. The van der Waals surface area contributed by atoms with Gasteiger partial charge in [0, 0.05) is 18.1 Å². The van der Waals surface area contributed by atoms with Gasteiger partial charge < -0.3 is 29.2 Å². The van der Waals surface area contributed by atoms with E-state index in [9.17, 15) is 14.7 Å². The molecule has 0 bridgehead atoms. The van der Waals surface area contributed by atoms with E-state index in [1.807, 2.05) is 19.1 Å². The summed E-state index contributed by atoms with van der Waals surface area (Å²) >= 11 is 0. The van der Waals surface area contributed by atoms with E-state index >= 15 is 0 Å². The van der Waals surface area contributed by atoms with E-state index in [1.54, 1.807) is 18.2 Å². The first-order chi connectivity index (χ1) is 16.4. The molecule has 1 atom stereocenters. The first-order valence-electron chi connectivity index (χ1n) is 11.7. The van der Waals surface area contributed by atoms with Gasteiger partial charge >= 0.3 is 6.16 Å². The Morgan fingerprint density at radius 1 is 1.09 bits per heavy atom. The van der Waals surface area contributed by atoms with Crippen LogP contribution in [0.15, 0.2) is 30.3 Å². The quantitative estimate of drug-likeness (QED) is 0.236. The van der Waals surface area contributed by atoms with Gasteiger partial charge in [-0.1, -0.05) is 19.4 Å². The van der Waals surface area contributed by atoms with Crippen molar-refractivity contribution < 1.29 is 38.7 Å². The molecule has 3 rings (SSSR count). The van der Waals surface area contributed by atoms with Crippen LogP contribution in [-0.2, 0) is 17.6 Å². The molecule has 0 aromatic heterocycles. The lowest BCUT2D eigenvalue weighted by Gasteiger charge is -2.25. The summed E-state index contributed by atoms with van der Waals surface area (Å²) in [5, 5.41) is 19.2. The number of aryl methyl sites for hydroxylation is 1. The minimum atomic E-state index is -1.35. The van der Waals surface area contributed by atoms with E-state index in [0.717, 1.165) is 31.2 Å². The summed E-state index contributed by atoms with van der Waals surface area (Å²) in [4.78, 5) is 22.4.